The molecule has 2 bridgehead atoms. The van der Waals surface area contributed by atoms with Crippen molar-refractivity contribution >= 4 is 35.1 Å². The van der Waals surface area contributed by atoms with Gasteiger partial charge in [0.2, 0.25) is 0 Å². The minimum Gasteiger partial charge on any atom is -0.461 e. The SMILES string of the molecule is C=C[C@]1(C)C[C@@H](OC(=O)CSc2ccc(NC(=O)c3ccccc3F)cc2)[C@]2(C)[C@H](C)CC[C@]3(CCC(=O)[C@H]32)[C@@H](C)[C@@H]1O. The summed E-state index contributed by atoms with van der Waals surface area (Å²) in [4.78, 5) is 40.2. The standard InChI is InChI=1S/C35H42FNO5S/c1-6-33(4)19-28(34(5)21(2)15-17-35(22(3)31(33)40)18-16-27(38)30(34)35)42-29(39)20-43-24-13-11-23(12-14-24)37-32(41)25-9-7-8-10-26(25)36/h6-14,21-22,28,30-31,40H,1,15-20H2,2-5H3,(H,37,41)/t21-,22+,28-,30+,31+,33-,34+,35+/m1/s1. The number of aliphatic hydroxyl groups excluding tert-OH is 1. The quantitative estimate of drug-likeness (QED) is 0.199. The Bertz CT molecular complexity index is 1410. The Labute approximate surface area is 257 Å². The Morgan fingerprint density at radius 2 is 1.84 bits per heavy atom. The maximum atomic E-state index is 13.9. The van der Waals surface area contributed by atoms with Crippen LogP contribution < -0.4 is 5.32 Å². The zero-order valence-corrected chi connectivity index (χ0v) is 26.2. The van der Waals surface area contributed by atoms with Crippen molar-refractivity contribution < 1.29 is 28.6 Å². The van der Waals surface area contributed by atoms with Crippen molar-refractivity contribution in [3.63, 3.8) is 0 Å². The lowest BCUT2D eigenvalue weighted by atomic mass is 9.44. The van der Waals surface area contributed by atoms with E-state index < -0.39 is 34.8 Å². The molecule has 3 fully saturated rings. The number of esters is 1. The zero-order valence-electron chi connectivity index (χ0n) is 25.4. The van der Waals surface area contributed by atoms with Gasteiger partial charge in [0.25, 0.3) is 5.91 Å². The van der Waals surface area contributed by atoms with Crippen molar-refractivity contribution in [2.75, 3.05) is 11.1 Å². The lowest BCUT2D eigenvalue weighted by Crippen LogP contribution is -2.63. The average Bonchev–Trinajstić information content (AvgIpc) is 3.35. The van der Waals surface area contributed by atoms with Crippen LogP contribution in [0.5, 0.6) is 0 Å². The second-order valence-corrected chi connectivity index (χ2v) is 14.4. The zero-order chi connectivity index (χ0) is 31.2. The summed E-state index contributed by atoms with van der Waals surface area (Å²) < 4.78 is 20.3. The van der Waals surface area contributed by atoms with Gasteiger partial charge in [0.05, 0.1) is 17.4 Å². The second kappa shape index (κ2) is 11.8. The third kappa shape index (κ3) is 5.46. The van der Waals surface area contributed by atoms with Gasteiger partial charge in [-0.3, -0.25) is 14.4 Å². The van der Waals surface area contributed by atoms with Crippen LogP contribution in [0.1, 0.15) is 70.2 Å². The van der Waals surface area contributed by atoms with E-state index in [0.717, 1.165) is 24.2 Å². The number of nitrogens with one attached hydrogen (secondary N) is 1. The van der Waals surface area contributed by atoms with Crippen LogP contribution in [-0.4, -0.2) is 40.7 Å². The molecule has 0 unspecified atom stereocenters. The number of ether oxygens (including phenoxy) is 1. The largest absolute Gasteiger partial charge is 0.461 e. The van der Waals surface area contributed by atoms with Crippen LogP contribution in [0.2, 0.25) is 0 Å². The van der Waals surface area contributed by atoms with Crippen LogP contribution >= 0.6 is 11.8 Å². The van der Waals surface area contributed by atoms with Gasteiger partial charge >= 0.3 is 5.97 Å². The number of carbonyl (C=O) groups excluding carboxylic acids is 3. The predicted octanol–water partition coefficient (Wildman–Crippen LogP) is 7.08. The summed E-state index contributed by atoms with van der Waals surface area (Å²) in [6.07, 6.45) is 4.01. The summed E-state index contributed by atoms with van der Waals surface area (Å²) in [7, 11) is 0. The molecular formula is C35H42FNO5S. The van der Waals surface area contributed by atoms with Crippen molar-refractivity contribution in [3.8, 4) is 0 Å². The number of hydrogen-bond acceptors (Lipinski definition) is 6. The molecule has 8 atom stereocenters. The molecule has 230 valence electrons. The molecule has 2 N–H and O–H groups in total. The van der Waals surface area contributed by atoms with Gasteiger partial charge in [-0.25, -0.2) is 4.39 Å². The van der Waals surface area contributed by atoms with Gasteiger partial charge in [-0.2, -0.15) is 0 Å². The Hall–Kier alpha value is -2.97. The molecule has 3 aliphatic carbocycles. The number of halogens is 1. The molecule has 0 heterocycles. The number of rotatable bonds is 7. The van der Waals surface area contributed by atoms with E-state index in [1.165, 1.54) is 30.0 Å². The van der Waals surface area contributed by atoms with E-state index in [1.807, 2.05) is 6.92 Å². The molecule has 5 rings (SSSR count). The molecule has 0 radical (unpaired) electrons. The monoisotopic (exact) mass is 607 g/mol. The van der Waals surface area contributed by atoms with Gasteiger partial charge < -0.3 is 15.2 Å². The highest BCUT2D eigenvalue weighted by atomic mass is 32.2. The van der Waals surface area contributed by atoms with Crippen LogP contribution in [0.4, 0.5) is 10.1 Å². The first-order valence-corrected chi connectivity index (χ1v) is 16.2. The van der Waals surface area contributed by atoms with E-state index in [9.17, 15) is 23.9 Å². The van der Waals surface area contributed by atoms with E-state index in [1.54, 1.807) is 36.4 Å². The molecule has 0 aliphatic heterocycles. The van der Waals surface area contributed by atoms with Crippen molar-refractivity contribution in [1.29, 1.82) is 0 Å². The number of anilines is 1. The van der Waals surface area contributed by atoms with E-state index in [0.29, 0.717) is 18.5 Å². The van der Waals surface area contributed by atoms with E-state index >= 15 is 0 Å². The Kier molecular flexibility index (Phi) is 8.67. The summed E-state index contributed by atoms with van der Waals surface area (Å²) in [5, 5.41) is 14.4. The topological polar surface area (TPSA) is 92.7 Å². The lowest BCUT2D eigenvalue weighted by molar-refractivity contribution is -0.205. The molecule has 3 saturated carbocycles. The van der Waals surface area contributed by atoms with E-state index in [-0.39, 0.29) is 46.2 Å². The number of carbonyl (C=O) groups is 3. The van der Waals surface area contributed by atoms with Crippen LogP contribution in [0.15, 0.2) is 66.1 Å². The Morgan fingerprint density at radius 3 is 2.51 bits per heavy atom. The maximum absolute atomic E-state index is 13.9. The Balaban J connectivity index is 1.31. The minimum atomic E-state index is -0.704. The van der Waals surface area contributed by atoms with Crippen molar-refractivity contribution in [1.82, 2.24) is 0 Å². The number of ketones is 1. The van der Waals surface area contributed by atoms with Gasteiger partial charge in [0.15, 0.2) is 0 Å². The third-order valence-corrected chi connectivity index (χ3v) is 12.1. The van der Waals surface area contributed by atoms with Crippen molar-refractivity contribution in [2.45, 2.75) is 76.9 Å². The van der Waals surface area contributed by atoms with Gasteiger partial charge in [-0.1, -0.05) is 45.9 Å². The van der Waals surface area contributed by atoms with Crippen molar-refractivity contribution in [2.24, 2.45) is 34.0 Å². The smallest absolute Gasteiger partial charge is 0.316 e. The molecule has 0 spiro atoms. The third-order valence-electron chi connectivity index (χ3n) is 11.2. The second-order valence-electron chi connectivity index (χ2n) is 13.3. The molecule has 1 amide bonds. The molecule has 2 aromatic rings. The van der Waals surface area contributed by atoms with Gasteiger partial charge in [0, 0.05) is 33.8 Å². The van der Waals surface area contributed by atoms with E-state index in [4.69, 9.17) is 4.74 Å². The Morgan fingerprint density at radius 1 is 1.14 bits per heavy atom. The number of thioether (sulfide) groups is 1. The summed E-state index contributed by atoms with van der Waals surface area (Å²) in [5.74, 6) is -1.39. The molecule has 0 saturated heterocycles. The fourth-order valence-electron chi connectivity index (χ4n) is 8.31. The van der Waals surface area contributed by atoms with Crippen LogP contribution in [0.3, 0.4) is 0 Å². The number of Topliss-reactive ketones (excluding diaryl/α,β-unsaturated/α-hetero) is 1. The summed E-state index contributed by atoms with van der Waals surface area (Å²) in [5.41, 5.74) is -1.07. The first kappa shape index (κ1) is 31.5. The highest BCUT2D eigenvalue weighted by molar-refractivity contribution is 8.00. The lowest BCUT2D eigenvalue weighted by Gasteiger charge is -2.61. The molecule has 0 aromatic heterocycles. The highest BCUT2D eigenvalue weighted by Gasteiger charge is 2.68. The summed E-state index contributed by atoms with van der Waals surface area (Å²) in [6, 6.07) is 12.8. The van der Waals surface area contributed by atoms with Crippen LogP contribution in [-0.2, 0) is 14.3 Å². The fourth-order valence-corrected chi connectivity index (χ4v) is 9.00. The fraction of sp³-hybridized carbons (Fsp3) is 0.514. The normalized spacial score (nSPS) is 35.3. The number of amides is 1. The number of hydrogen-bond donors (Lipinski definition) is 2. The van der Waals surface area contributed by atoms with Crippen LogP contribution in [0.25, 0.3) is 0 Å². The molecular weight excluding hydrogens is 565 g/mol. The molecule has 43 heavy (non-hydrogen) atoms. The maximum Gasteiger partial charge on any atom is 0.316 e. The summed E-state index contributed by atoms with van der Waals surface area (Å²) in [6.45, 7) is 12.4. The molecule has 2 aromatic carbocycles. The molecule has 6 nitrogen and oxygen atoms in total. The van der Waals surface area contributed by atoms with E-state index in [2.05, 4.69) is 32.7 Å². The summed E-state index contributed by atoms with van der Waals surface area (Å²) >= 11 is 1.32. The average molecular weight is 608 g/mol. The van der Waals surface area contributed by atoms with Gasteiger partial charge in [-0.05, 0) is 79.3 Å². The first-order chi connectivity index (χ1) is 20.4. The van der Waals surface area contributed by atoms with Crippen molar-refractivity contribution in [3.05, 3.63) is 72.6 Å². The van der Waals surface area contributed by atoms with Gasteiger partial charge in [-0.15, -0.1) is 18.3 Å². The number of aliphatic hydroxyl groups is 1. The van der Waals surface area contributed by atoms with Gasteiger partial charge in [0.1, 0.15) is 17.7 Å². The van der Waals surface area contributed by atoms with Crippen LogP contribution in [0, 0.1) is 39.8 Å². The molecule has 8 heteroatoms. The number of benzene rings is 2. The first-order valence-electron chi connectivity index (χ1n) is 15.2. The molecule has 3 aliphatic rings. The highest BCUT2D eigenvalue weighted by Crippen LogP contribution is 2.68. The minimum absolute atomic E-state index is 0.0371. The predicted molar refractivity (Wildman–Crippen MR) is 166 cm³/mol.